The molecule has 0 aliphatic rings. The highest BCUT2D eigenvalue weighted by Gasteiger charge is 2.12. The maximum atomic E-state index is 12.3. The lowest BCUT2D eigenvalue weighted by Crippen LogP contribution is -2.10. The highest BCUT2D eigenvalue weighted by molar-refractivity contribution is 9.13. The summed E-state index contributed by atoms with van der Waals surface area (Å²) in [4.78, 5) is 17.1. The van der Waals surface area contributed by atoms with Gasteiger partial charge in [0.1, 0.15) is 5.69 Å². The Hall–Kier alpha value is -1.94. The zero-order valence-corrected chi connectivity index (χ0v) is 16.2. The van der Waals surface area contributed by atoms with E-state index in [2.05, 4.69) is 54.0 Å². The van der Waals surface area contributed by atoms with Crippen LogP contribution in [-0.4, -0.2) is 10.9 Å². The summed E-state index contributed by atoms with van der Waals surface area (Å²) in [6.45, 7) is 0. The Labute approximate surface area is 160 Å². The Bertz CT molecular complexity index is 923. The number of rotatable bonds is 2. The Morgan fingerprint density at radius 1 is 1.08 bits per heavy atom. The van der Waals surface area contributed by atoms with E-state index in [4.69, 9.17) is 0 Å². The zero-order valence-electron chi connectivity index (χ0n) is 12.2. The first kappa shape index (κ1) is 16.9. The molecule has 0 saturated carbocycles. The minimum atomic E-state index is -0.152. The van der Waals surface area contributed by atoms with Crippen molar-refractivity contribution in [2.45, 2.75) is 0 Å². The van der Waals surface area contributed by atoms with Crippen LogP contribution in [0.15, 0.2) is 63.0 Å². The molecule has 118 valence electrons. The molecule has 3 rings (SSSR count). The zero-order chi connectivity index (χ0) is 16.9. The summed E-state index contributed by atoms with van der Waals surface area (Å²) in [6, 6.07) is 14.8. The first-order valence-corrected chi connectivity index (χ1v) is 9.31. The standard InChI is InChI=1S/C18H10Br2N2OS/c19-15-11-16(24-17(15)20)18(23)22-14-6-3-4-12(10-14)7-8-13-5-1-2-9-21-13/h1-6,9-11H,(H,22,23). The van der Waals surface area contributed by atoms with Gasteiger partial charge in [-0.3, -0.25) is 4.79 Å². The van der Waals surface area contributed by atoms with Gasteiger partial charge in [-0.25, -0.2) is 4.98 Å². The highest BCUT2D eigenvalue weighted by atomic mass is 79.9. The van der Waals surface area contributed by atoms with Crippen molar-refractivity contribution in [3.63, 3.8) is 0 Å². The number of carbonyl (C=O) groups is 1. The van der Waals surface area contributed by atoms with Crippen molar-refractivity contribution in [3.05, 3.63) is 79.1 Å². The lowest BCUT2D eigenvalue weighted by atomic mass is 10.2. The van der Waals surface area contributed by atoms with Gasteiger partial charge in [-0.15, -0.1) is 11.3 Å². The van der Waals surface area contributed by atoms with Crippen LogP contribution in [0, 0.1) is 11.8 Å². The number of anilines is 1. The summed E-state index contributed by atoms with van der Waals surface area (Å²) >= 11 is 8.15. The van der Waals surface area contributed by atoms with Crippen molar-refractivity contribution >= 4 is 54.8 Å². The largest absolute Gasteiger partial charge is 0.321 e. The molecule has 3 nitrogen and oxygen atoms in total. The van der Waals surface area contributed by atoms with Gasteiger partial charge in [0.05, 0.1) is 8.66 Å². The number of nitrogens with zero attached hydrogens (tertiary/aromatic N) is 1. The van der Waals surface area contributed by atoms with Crippen molar-refractivity contribution in [1.82, 2.24) is 4.98 Å². The van der Waals surface area contributed by atoms with Gasteiger partial charge in [0.25, 0.3) is 5.91 Å². The van der Waals surface area contributed by atoms with E-state index in [0.29, 0.717) is 16.3 Å². The summed E-state index contributed by atoms with van der Waals surface area (Å²) < 4.78 is 1.76. The fourth-order valence-corrected chi connectivity index (χ4v) is 3.83. The topological polar surface area (TPSA) is 42.0 Å². The molecule has 1 aromatic carbocycles. The molecule has 2 heterocycles. The molecule has 0 saturated heterocycles. The summed E-state index contributed by atoms with van der Waals surface area (Å²) in [5.74, 6) is 5.90. The molecule has 6 heteroatoms. The molecule has 2 aromatic heterocycles. The number of nitrogens with one attached hydrogen (secondary N) is 1. The molecule has 1 N–H and O–H groups in total. The van der Waals surface area contributed by atoms with Crippen molar-refractivity contribution < 1.29 is 4.79 Å². The van der Waals surface area contributed by atoms with E-state index >= 15 is 0 Å². The third kappa shape index (κ3) is 4.32. The number of benzene rings is 1. The molecule has 24 heavy (non-hydrogen) atoms. The number of hydrogen-bond acceptors (Lipinski definition) is 3. The highest BCUT2D eigenvalue weighted by Crippen LogP contribution is 2.32. The van der Waals surface area contributed by atoms with E-state index in [1.807, 2.05) is 42.5 Å². The van der Waals surface area contributed by atoms with E-state index in [0.717, 1.165) is 13.8 Å². The van der Waals surface area contributed by atoms with E-state index < -0.39 is 0 Å². The summed E-state index contributed by atoms with van der Waals surface area (Å²) in [6.07, 6.45) is 1.71. The minimum absolute atomic E-state index is 0.152. The predicted molar refractivity (Wildman–Crippen MR) is 104 cm³/mol. The number of carbonyl (C=O) groups excluding carboxylic acids is 1. The second kappa shape index (κ2) is 7.75. The van der Waals surface area contributed by atoms with Crippen LogP contribution < -0.4 is 5.32 Å². The van der Waals surface area contributed by atoms with Crippen LogP contribution in [-0.2, 0) is 0 Å². The van der Waals surface area contributed by atoms with E-state index in [9.17, 15) is 4.79 Å². The second-order valence-corrected chi connectivity index (χ2v) is 7.96. The molecule has 0 radical (unpaired) electrons. The average Bonchev–Trinajstić information content (AvgIpc) is 2.94. The van der Waals surface area contributed by atoms with Crippen LogP contribution >= 0.6 is 43.2 Å². The third-order valence-corrected chi connectivity index (χ3v) is 6.24. The summed E-state index contributed by atoms with van der Waals surface area (Å²) in [7, 11) is 0. The molecule has 0 aliphatic heterocycles. The number of hydrogen-bond donors (Lipinski definition) is 1. The Morgan fingerprint density at radius 3 is 2.67 bits per heavy atom. The number of aromatic nitrogens is 1. The normalized spacial score (nSPS) is 9.92. The molecule has 0 aliphatic carbocycles. The van der Waals surface area contributed by atoms with Crippen molar-refractivity contribution in [2.75, 3.05) is 5.32 Å². The van der Waals surface area contributed by atoms with Gasteiger partial charge in [0.15, 0.2) is 0 Å². The number of pyridine rings is 1. The number of thiophene rings is 1. The second-order valence-electron chi connectivity index (χ2n) is 4.73. The van der Waals surface area contributed by atoms with Gasteiger partial charge < -0.3 is 5.32 Å². The van der Waals surface area contributed by atoms with Crippen molar-refractivity contribution in [2.24, 2.45) is 0 Å². The van der Waals surface area contributed by atoms with Crippen molar-refractivity contribution in [1.29, 1.82) is 0 Å². The SMILES string of the molecule is O=C(Nc1cccc(C#Cc2ccccn2)c1)c1cc(Br)c(Br)s1. The molecular weight excluding hydrogens is 452 g/mol. The van der Waals surface area contributed by atoms with Gasteiger partial charge in [0, 0.05) is 21.9 Å². The van der Waals surface area contributed by atoms with Gasteiger partial charge in [-0.2, -0.15) is 0 Å². The maximum Gasteiger partial charge on any atom is 0.265 e. The first-order valence-electron chi connectivity index (χ1n) is 6.91. The first-order chi connectivity index (χ1) is 11.6. The lowest BCUT2D eigenvalue weighted by Gasteiger charge is -2.03. The van der Waals surface area contributed by atoms with Crippen LogP contribution in [0.25, 0.3) is 0 Å². The Kier molecular flexibility index (Phi) is 5.46. The summed E-state index contributed by atoms with van der Waals surface area (Å²) in [5.41, 5.74) is 2.22. The fraction of sp³-hybridized carbons (Fsp3) is 0. The molecule has 3 aromatic rings. The van der Waals surface area contributed by atoms with Crippen LogP contribution in [0.2, 0.25) is 0 Å². The van der Waals surface area contributed by atoms with E-state index in [1.54, 1.807) is 12.3 Å². The third-order valence-electron chi connectivity index (χ3n) is 2.99. The Balaban J connectivity index is 1.76. The predicted octanol–water partition coefficient (Wildman–Crippen LogP) is 5.32. The number of amides is 1. The number of halogens is 2. The summed E-state index contributed by atoms with van der Waals surface area (Å²) in [5, 5.41) is 2.88. The van der Waals surface area contributed by atoms with Gasteiger partial charge in [-0.1, -0.05) is 18.1 Å². The maximum absolute atomic E-state index is 12.3. The van der Waals surface area contributed by atoms with Crippen LogP contribution in [0.1, 0.15) is 20.9 Å². The fourth-order valence-electron chi connectivity index (χ4n) is 1.90. The Morgan fingerprint density at radius 2 is 1.96 bits per heavy atom. The van der Waals surface area contributed by atoms with E-state index in [-0.39, 0.29) is 5.91 Å². The molecule has 0 unspecified atom stereocenters. The van der Waals surface area contributed by atoms with Crippen molar-refractivity contribution in [3.8, 4) is 11.8 Å². The minimum Gasteiger partial charge on any atom is -0.321 e. The smallest absolute Gasteiger partial charge is 0.265 e. The van der Waals surface area contributed by atoms with Crippen LogP contribution in [0.3, 0.4) is 0 Å². The monoisotopic (exact) mass is 460 g/mol. The lowest BCUT2D eigenvalue weighted by molar-refractivity contribution is 0.103. The molecular formula is C18H10Br2N2OS. The molecule has 0 spiro atoms. The average molecular weight is 462 g/mol. The molecule has 0 fully saturated rings. The van der Waals surface area contributed by atoms with Gasteiger partial charge in [-0.05, 0) is 74.2 Å². The van der Waals surface area contributed by atoms with E-state index in [1.165, 1.54) is 11.3 Å². The van der Waals surface area contributed by atoms with Gasteiger partial charge in [0.2, 0.25) is 0 Å². The molecule has 0 bridgehead atoms. The van der Waals surface area contributed by atoms with Gasteiger partial charge >= 0.3 is 0 Å². The van der Waals surface area contributed by atoms with Crippen LogP contribution in [0.5, 0.6) is 0 Å². The quantitative estimate of drug-likeness (QED) is 0.524. The molecule has 0 atom stereocenters. The molecule has 1 amide bonds. The van der Waals surface area contributed by atoms with Crippen LogP contribution in [0.4, 0.5) is 5.69 Å².